The van der Waals surface area contributed by atoms with E-state index >= 15 is 0 Å². The van der Waals surface area contributed by atoms with Crippen LogP contribution in [0.2, 0.25) is 0 Å². The fourth-order valence-electron chi connectivity index (χ4n) is 4.21. The summed E-state index contributed by atoms with van der Waals surface area (Å²) in [6, 6.07) is 12.6. The number of ether oxygens (including phenoxy) is 1. The van der Waals surface area contributed by atoms with Crippen molar-refractivity contribution in [2.24, 2.45) is 0 Å². The monoisotopic (exact) mass is 463 g/mol. The average molecular weight is 463 g/mol. The molecule has 0 radical (unpaired) electrons. The van der Waals surface area contributed by atoms with Crippen LogP contribution in [0.15, 0.2) is 58.0 Å². The molecule has 6 aromatic rings. The highest BCUT2D eigenvalue weighted by molar-refractivity contribution is 7.25. The lowest BCUT2D eigenvalue weighted by atomic mass is 10.1. The molecule has 0 saturated carbocycles. The van der Waals surface area contributed by atoms with Crippen LogP contribution in [0.5, 0.6) is 5.75 Å². The Morgan fingerprint density at radius 3 is 2.73 bits per heavy atom. The van der Waals surface area contributed by atoms with E-state index in [1.54, 1.807) is 13.0 Å². The minimum atomic E-state index is -2.69. The van der Waals surface area contributed by atoms with E-state index in [4.69, 9.17) is 9.15 Å². The van der Waals surface area contributed by atoms with Crippen molar-refractivity contribution >= 4 is 53.7 Å². The number of aryl methyl sites for hydroxylation is 1. The number of nitrogens with zero attached hydrogens (tertiary/aromatic N) is 3. The minimum absolute atomic E-state index is 0.316. The molecule has 4 heterocycles. The molecule has 0 aliphatic rings. The summed E-state index contributed by atoms with van der Waals surface area (Å²) in [6.07, 6.45) is -1.27. The lowest BCUT2D eigenvalue weighted by molar-refractivity contribution is 0.146. The highest BCUT2D eigenvalue weighted by Gasteiger charge is 2.20. The van der Waals surface area contributed by atoms with Crippen LogP contribution in [0.4, 0.5) is 8.78 Å². The third-order valence-corrected chi connectivity index (χ3v) is 6.79. The van der Waals surface area contributed by atoms with Crippen molar-refractivity contribution in [3.63, 3.8) is 0 Å². The molecule has 0 saturated heterocycles. The van der Waals surface area contributed by atoms with E-state index in [1.165, 1.54) is 24.1 Å². The standard InChI is InChI=1S/C24H15F2N3O3S/c1-11-7-14(22(25)26)28-23-19(11)20-21(33-23)24(30)29(10-27-20)15-9-17-13(8-18(15)31-2)12-5-3-4-6-16(12)32-17/h3-10,22H,1-2H3. The second kappa shape index (κ2) is 7.08. The van der Waals surface area contributed by atoms with Crippen LogP contribution < -0.4 is 10.3 Å². The first-order valence-corrected chi connectivity index (χ1v) is 10.9. The van der Waals surface area contributed by atoms with Gasteiger partial charge in [0, 0.05) is 22.2 Å². The highest BCUT2D eigenvalue weighted by atomic mass is 32.1. The summed E-state index contributed by atoms with van der Waals surface area (Å²) in [5, 5.41) is 2.43. The van der Waals surface area contributed by atoms with Gasteiger partial charge in [0.15, 0.2) is 0 Å². The molecule has 4 aromatic heterocycles. The molecule has 2 aromatic carbocycles. The second-order valence-electron chi connectivity index (χ2n) is 7.66. The molecule has 0 fully saturated rings. The number of furan rings is 1. The molecule has 0 amide bonds. The first-order chi connectivity index (χ1) is 16.0. The minimum Gasteiger partial charge on any atom is -0.495 e. The Morgan fingerprint density at radius 1 is 1.12 bits per heavy atom. The number of aromatic nitrogens is 3. The molecule has 164 valence electrons. The number of benzene rings is 2. The summed E-state index contributed by atoms with van der Waals surface area (Å²) in [5.41, 5.74) is 2.21. The summed E-state index contributed by atoms with van der Waals surface area (Å²) in [7, 11) is 1.53. The zero-order valence-corrected chi connectivity index (χ0v) is 18.2. The van der Waals surface area contributed by atoms with E-state index < -0.39 is 6.43 Å². The van der Waals surface area contributed by atoms with E-state index in [9.17, 15) is 13.6 Å². The van der Waals surface area contributed by atoms with Gasteiger partial charge in [0.25, 0.3) is 12.0 Å². The Bertz CT molecular complexity index is 1790. The van der Waals surface area contributed by atoms with Crippen LogP contribution in [-0.2, 0) is 0 Å². The number of alkyl halides is 2. The number of rotatable bonds is 3. The van der Waals surface area contributed by atoms with E-state index in [2.05, 4.69) is 9.97 Å². The van der Waals surface area contributed by atoms with Crippen molar-refractivity contribution in [2.75, 3.05) is 7.11 Å². The fraction of sp³-hybridized carbons (Fsp3) is 0.125. The highest BCUT2D eigenvalue weighted by Crippen LogP contribution is 2.37. The quantitative estimate of drug-likeness (QED) is 0.315. The Morgan fingerprint density at radius 2 is 1.94 bits per heavy atom. The summed E-state index contributed by atoms with van der Waals surface area (Å²) in [4.78, 5) is 22.4. The Kier molecular flexibility index (Phi) is 4.25. The first kappa shape index (κ1) is 19.8. The largest absolute Gasteiger partial charge is 0.495 e. The third kappa shape index (κ3) is 2.85. The van der Waals surface area contributed by atoms with Gasteiger partial charge in [-0.2, -0.15) is 0 Å². The van der Waals surface area contributed by atoms with Crippen LogP contribution in [0.25, 0.3) is 48.1 Å². The molecule has 0 aliphatic heterocycles. The Hall–Kier alpha value is -3.85. The maximum Gasteiger partial charge on any atom is 0.280 e. The molecule has 0 aliphatic carbocycles. The Labute approximate surface area is 188 Å². The van der Waals surface area contributed by atoms with Crippen LogP contribution in [0.3, 0.4) is 0 Å². The Balaban J connectivity index is 1.63. The summed E-state index contributed by atoms with van der Waals surface area (Å²) in [6.45, 7) is 1.72. The van der Waals surface area contributed by atoms with Gasteiger partial charge in [0.2, 0.25) is 0 Å². The number of thiophene rings is 1. The van der Waals surface area contributed by atoms with Crippen molar-refractivity contribution < 1.29 is 17.9 Å². The van der Waals surface area contributed by atoms with Crippen molar-refractivity contribution in [3.05, 3.63) is 70.4 Å². The van der Waals surface area contributed by atoms with Gasteiger partial charge in [-0.25, -0.2) is 18.7 Å². The van der Waals surface area contributed by atoms with E-state index in [0.717, 1.165) is 27.7 Å². The van der Waals surface area contributed by atoms with Gasteiger partial charge in [0.05, 0.1) is 18.3 Å². The topological polar surface area (TPSA) is 70.2 Å². The molecule has 33 heavy (non-hydrogen) atoms. The normalized spacial score (nSPS) is 12.0. The molecule has 0 N–H and O–H groups in total. The first-order valence-electron chi connectivity index (χ1n) is 10.1. The van der Waals surface area contributed by atoms with E-state index in [1.807, 2.05) is 30.3 Å². The predicted octanol–water partition coefficient (Wildman–Crippen LogP) is 6.15. The summed E-state index contributed by atoms with van der Waals surface area (Å²) in [5.74, 6) is 0.479. The molecule has 0 bridgehead atoms. The number of pyridine rings is 1. The van der Waals surface area contributed by atoms with Crippen molar-refractivity contribution in [1.29, 1.82) is 0 Å². The van der Waals surface area contributed by atoms with Crippen molar-refractivity contribution in [2.45, 2.75) is 13.3 Å². The number of fused-ring (bicyclic) bond motifs is 6. The van der Waals surface area contributed by atoms with Crippen LogP contribution in [0.1, 0.15) is 17.7 Å². The summed E-state index contributed by atoms with van der Waals surface area (Å²) < 4.78 is 39.7. The number of hydrogen-bond acceptors (Lipinski definition) is 6. The molecular formula is C24H15F2N3O3S. The van der Waals surface area contributed by atoms with Crippen LogP contribution in [-0.4, -0.2) is 21.6 Å². The van der Waals surface area contributed by atoms with Crippen molar-refractivity contribution in [1.82, 2.24) is 14.5 Å². The van der Waals surface area contributed by atoms with E-state index in [-0.39, 0.29) is 11.3 Å². The number of hydrogen-bond donors (Lipinski definition) is 0. The molecule has 0 atom stereocenters. The van der Waals surface area contributed by atoms with Gasteiger partial charge < -0.3 is 9.15 Å². The van der Waals surface area contributed by atoms with Crippen LogP contribution >= 0.6 is 11.3 Å². The SMILES string of the molecule is COc1cc2c(cc1-n1cnc3c(sc4nc(C(F)F)cc(C)c43)c1=O)oc1ccccc12. The van der Waals surface area contributed by atoms with Gasteiger partial charge in [-0.15, -0.1) is 11.3 Å². The summed E-state index contributed by atoms with van der Waals surface area (Å²) >= 11 is 1.06. The van der Waals surface area contributed by atoms with Gasteiger partial charge in [-0.3, -0.25) is 9.36 Å². The average Bonchev–Trinajstić information content (AvgIpc) is 3.37. The van der Waals surface area contributed by atoms with Gasteiger partial charge in [0.1, 0.15) is 38.5 Å². The van der Waals surface area contributed by atoms with Gasteiger partial charge in [-0.1, -0.05) is 18.2 Å². The molecule has 0 spiro atoms. The smallest absolute Gasteiger partial charge is 0.280 e. The molecule has 0 unspecified atom stereocenters. The van der Waals surface area contributed by atoms with Gasteiger partial charge >= 0.3 is 0 Å². The predicted molar refractivity (Wildman–Crippen MR) is 124 cm³/mol. The number of para-hydroxylation sites is 1. The number of methoxy groups -OCH3 is 1. The van der Waals surface area contributed by atoms with Gasteiger partial charge in [-0.05, 0) is 30.7 Å². The zero-order valence-electron chi connectivity index (χ0n) is 17.4. The third-order valence-electron chi connectivity index (χ3n) is 5.73. The molecule has 6 nitrogen and oxygen atoms in total. The maximum absolute atomic E-state index is 13.5. The fourth-order valence-corrected chi connectivity index (χ4v) is 5.35. The van der Waals surface area contributed by atoms with Crippen LogP contribution in [0, 0.1) is 6.92 Å². The lowest BCUT2D eigenvalue weighted by Gasteiger charge is -2.10. The van der Waals surface area contributed by atoms with E-state index in [0.29, 0.717) is 43.0 Å². The van der Waals surface area contributed by atoms with Crippen molar-refractivity contribution in [3.8, 4) is 11.4 Å². The number of halogens is 2. The molecule has 9 heteroatoms. The maximum atomic E-state index is 13.5. The molecule has 6 rings (SSSR count). The lowest BCUT2D eigenvalue weighted by Crippen LogP contribution is -2.18. The zero-order chi connectivity index (χ0) is 22.9. The second-order valence-corrected chi connectivity index (χ2v) is 8.66. The molecular weight excluding hydrogens is 448 g/mol.